The Bertz CT molecular complexity index is 434. The minimum Gasteiger partial charge on any atom is -0.490 e. The van der Waals surface area contributed by atoms with E-state index in [1.807, 2.05) is 13.0 Å². The van der Waals surface area contributed by atoms with Gasteiger partial charge in [-0.3, -0.25) is 4.90 Å². The Balaban J connectivity index is 1.87. The molecular weight excluding hydrogens is 280 g/mol. The lowest BCUT2D eigenvalue weighted by atomic mass is 10.1. The van der Waals surface area contributed by atoms with E-state index in [1.165, 1.54) is 5.56 Å². The molecule has 5 nitrogen and oxygen atoms in total. The topological polar surface area (TPSA) is 57.0 Å². The summed E-state index contributed by atoms with van der Waals surface area (Å²) in [7, 11) is 0. The van der Waals surface area contributed by atoms with Crippen LogP contribution in [-0.4, -0.2) is 57.5 Å². The van der Waals surface area contributed by atoms with E-state index in [-0.39, 0.29) is 0 Å². The molecule has 5 heteroatoms. The van der Waals surface area contributed by atoms with Crippen molar-refractivity contribution >= 4 is 0 Å². The van der Waals surface area contributed by atoms with Crippen LogP contribution in [0.15, 0.2) is 18.2 Å². The van der Waals surface area contributed by atoms with Crippen LogP contribution in [-0.2, 0) is 11.2 Å². The highest BCUT2D eigenvalue weighted by Crippen LogP contribution is 2.29. The van der Waals surface area contributed by atoms with Gasteiger partial charge in [0.05, 0.1) is 19.8 Å². The van der Waals surface area contributed by atoms with Gasteiger partial charge in [0.2, 0.25) is 0 Å². The largest absolute Gasteiger partial charge is 0.490 e. The molecule has 0 spiro atoms. The molecule has 1 fully saturated rings. The molecule has 1 aliphatic rings. The molecule has 1 heterocycles. The van der Waals surface area contributed by atoms with Gasteiger partial charge in [-0.15, -0.1) is 0 Å². The van der Waals surface area contributed by atoms with Crippen LogP contribution in [0.25, 0.3) is 0 Å². The highest BCUT2D eigenvalue weighted by molar-refractivity contribution is 5.43. The van der Waals surface area contributed by atoms with Crippen molar-refractivity contribution in [3.8, 4) is 11.5 Å². The zero-order valence-electron chi connectivity index (χ0n) is 13.6. The van der Waals surface area contributed by atoms with Crippen LogP contribution < -0.4 is 15.2 Å². The number of rotatable bonds is 9. The number of nitrogens with two attached hydrogens (primary N) is 1. The zero-order chi connectivity index (χ0) is 15.6. The third-order valence-electron chi connectivity index (χ3n) is 3.75. The number of morpholine rings is 1. The SMILES string of the molecule is CCOc1cc(CCCN)ccc1OCCN1CCOCC1. The summed E-state index contributed by atoms with van der Waals surface area (Å²) in [5, 5.41) is 0. The van der Waals surface area contributed by atoms with Crippen LogP contribution in [0.2, 0.25) is 0 Å². The Kier molecular flexibility index (Phi) is 7.49. The zero-order valence-corrected chi connectivity index (χ0v) is 13.6. The maximum absolute atomic E-state index is 5.92. The summed E-state index contributed by atoms with van der Waals surface area (Å²) in [4.78, 5) is 2.36. The van der Waals surface area contributed by atoms with Crippen LogP contribution in [0.1, 0.15) is 18.9 Å². The van der Waals surface area contributed by atoms with E-state index < -0.39 is 0 Å². The average Bonchev–Trinajstić information content (AvgIpc) is 2.56. The van der Waals surface area contributed by atoms with Crippen molar-refractivity contribution in [1.29, 1.82) is 0 Å². The molecule has 0 radical (unpaired) electrons. The highest BCUT2D eigenvalue weighted by atomic mass is 16.5. The van der Waals surface area contributed by atoms with E-state index >= 15 is 0 Å². The molecule has 124 valence electrons. The number of nitrogens with zero attached hydrogens (tertiary/aromatic N) is 1. The summed E-state index contributed by atoms with van der Waals surface area (Å²) >= 11 is 0. The summed E-state index contributed by atoms with van der Waals surface area (Å²) < 4.78 is 17.0. The van der Waals surface area contributed by atoms with E-state index in [4.69, 9.17) is 19.9 Å². The number of ether oxygens (including phenoxy) is 3. The number of benzene rings is 1. The fourth-order valence-electron chi connectivity index (χ4n) is 2.51. The molecule has 0 aliphatic carbocycles. The Morgan fingerprint density at radius 1 is 1.18 bits per heavy atom. The Morgan fingerprint density at radius 3 is 2.73 bits per heavy atom. The number of hydrogen-bond acceptors (Lipinski definition) is 5. The summed E-state index contributed by atoms with van der Waals surface area (Å²) in [5.74, 6) is 1.66. The average molecular weight is 308 g/mol. The first-order chi connectivity index (χ1) is 10.8. The number of hydrogen-bond donors (Lipinski definition) is 1. The minimum atomic E-state index is 0.639. The van der Waals surface area contributed by atoms with Crippen molar-refractivity contribution in [3.05, 3.63) is 23.8 Å². The first-order valence-corrected chi connectivity index (χ1v) is 8.22. The molecule has 0 atom stereocenters. The molecule has 2 N–H and O–H groups in total. The Labute approximate surface area is 133 Å². The molecule has 0 bridgehead atoms. The lowest BCUT2D eigenvalue weighted by molar-refractivity contribution is 0.0321. The first-order valence-electron chi connectivity index (χ1n) is 8.22. The maximum Gasteiger partial charge on any atom is 0.161 e. The standard InChI is InChI=1S/C17H28N2O3/c1-2-21-17-14-15(4-3-7-18)5-6-16(17)22-13-10-19-8-11-20-12-9-19/h5-6,14H,2-4,7-13,18H2,1H3. The molecule has 0 amide bonds. The highest BCUT2D eigenvalue weighted by Gasteiger charge is 2.11. The van der Waals surface area contributed by atoms with Gasteiger partial charge in [0.15, 0.2) is 11.5 Å². The summed E-state index contributed by atoms with van der Waals surface area (Å²) in [6.45, 7) is 8.54. The van der Waals surface area contributed by atoms with Crippen molar-refractivity contribution in [2.45, 2.75) is 19.8 Å². The maximum atomic E-state index is 5.92. The molecule has 0 unspecified atom stereocenters. The van der Waals surface area contributed by atoms with Gasteiger partial charge in [-0.05, 0) is 44.0 Å². The van der Waals surface area contributed by atoms with Gasteiger partial charge in [0.25, 0.3) is 0 Å². The van der Waals surface area contributed by atoms with E-state index in [0.29, 0.717) is 19.8 Å². The molecule has 1 aliphatic heterocycles. The van der Waals surface area contributed by atoms with Crippen LogP contribution in [0, 0.1) is 0 Å². The van der Waals surface area contributed by atoms with Gasteiger partial charge >= 0.3 is 0 Å². The van der Waals surface area contributed by atoms with Crippen LogP contribution >= 0.6 is 0 Å². The lowest BCUT2D eigenvalue weighted by Crippen LogP contribution is -2.38. The van der Waals surface area contributed by atoms with Gasteiger partial charge in [-0.1, -0.05) is 6.07 Å². The molecular formula is C17H28N2O3. The van der Waals surface area contributed by atoms with Crippen LogP contribution in [0.5, 0.6) is 11.5 Å². The van der Waals surface area contributed by atoms with Crippen molar-refractivity contribution in [2.24, 2.45) is 5.73 Å². The van der Waals surface area contributed by atoms with Crippen molar-refractivity contribution in [3.63, 3.8) is 0 Å². The van der Waals surface area contributed by atoms with E-state index in [2.05, 4.69) is 17.0 Å². The summed E-state index contributed by atoms with van der Waals surface area (Å²) in [6, 6.07) is 6.18. The number of aryl methyl sites for hydroxylation is 1. The Morgan fingerprint density at radius 2 is 2.00 bits per heavy atom. The first kappa shape index (κ1) is 17.1. The second kappa shape index (κ2) is 9.66. The second-order valence-corrected chi connectivity index (χ2v) is 5.41. The molecule has 1 aromatic rings. The van der Waals surface area contributed by atoms with Crippen molar-refractivity contribution < 1.29 is 14.2 Å². The predicted octanol–water partition coefficient (Wildman–Crippen LogP) is 1.69. The van der Waals surface area contributed by atoms with Gasteiger partial charge < -0.3 is 19.9 Å². The van der Waals surface area contributed by atoms with Crippen LogP contribution in [0.3, 0.4) is 0 Å². The third kappa shape index (κ3) is 5.48. The van der Waals surface area contributed by atoms with Gasteiger partial charge in [-0.25, -0.2) is 0 Å². The monoisotopic (exact) mass is 308 g/mol. The Hall–Kier alpha value is -1.30. The molecule has 22 heavy (non-hydrogen) atoms. The fourth-order valence-corrected chi connectivity index (χ4v) is 2.51. The molecule has 1 aromatic carbocycles. The third-order valence-corrected chi connectivity index (χ3v) is 3.75. The molecule has 1 saturated heterocycles. The summed E-state index contributed by atoms with van der Waals surface area (Å²) in [6.07, 6.45) is 1.97. The quantitative estimate of drug-likeness (QED) is 0.752. The van der Waals surface area contributed by atoms with Crippen LogP contribution in [0.4, 0.5) is 0 Å². The molecule has 0 aromatic heterocycles. The second-order valence-electron chi connectivity index (χ2n) is 5.41. The van der Waals surface area contributed by atoms with Gasteiger partial charge in [0, 0.05) is 19.6 Å². The predicted molar refractivity (Wildman–Crippen MR) is 87.7 cm³/mol. The van der Waals surface area contributed by atoms with Gasteiger partial charge in [-0.2, -0.15) is 0 Å². The fraction of sp³-hybridized carbons (Fsp3) is 0.647. The van der Waals surface area contributed by atoms with Crippen molar-refractivity contribution in [2.75, 3.05) is 52.6 Å². The summed E-state index contributed by atoms with van der Waals surface area (Å²) in [5.41, 5.74) is 6.81. The van der Waals surface area contributed by atoms with Gasteiger partial charge in [0.1, 0.15) is 6.61 Å². The van der Waals surface area contributed by atoms with Crippen molar-refractivity contribution in [1.82, 2.24) is 4.90 Å². The molecule has 0 saturated carbocycles. The minimum absolute atomic E-state index is 0.639. The lowest BCUT2D eigenvalue weighted by Gasteiger charge is -2.26. The normalized spacial score (nSPS) is 15.7. The van der Waals surface area contributed by atoms with E-state index in [0.717, 1.165) is 57.2 Å². The van der Waals surface area contributed by atoms with E-state index in [1.54, 1.807) is 0 Å². The molecule has 2 rings (SSSR count). The smallest absolute Gasteiger partial charge is 0.161 e. The van der Waals surface area contributed by atoms with E-state index in [9.17, 15) is 0 Å².